The maximum absolute atomic E-state index is 12.3. The van der Waals surface area contributed by atoms with Crippen LogP contribution in [0.5, 0.6) is 0 Å². The molecule has 0 saturated carbocycles. The second kappa shape index (κ2) is 9.36. The van der Waals surface area contributed by atoms with Gasteiger partial charge in [0, 0.05) is 5.56 Å². The molecule has 2 aromatic rings. The smallest absolute Gasteiger partial charge is 0.251 e. The minimum atomic E-state index is -0.212. The Bertz CT molecular complexity index is 783. The van der Waals surface area contributed by atoms with Crippen LogP contribution in [0.4, 0.5) is 0 Å². The molecule has 0 aromatic heterocycles. The highest BCUT2D eigenvalue weighted by Crippen LogP contribution is 2.29. The molecular weight excluding hydrogens is 336 g/mol. The van der Waals surface area contributed by atoms with Gasteiger partial charge in [0.1, 0.15) is 0 Å². The van der Waals surface area contributed by atoms with Crippen LogP contribution in [0.25, 0.3) is 0 Å². The summed E-state index contributed by atoms with van der Waals surface area (Å²) in [5, 5.41) is 5.78. The first-order valence-electron chi connectivity index (χ1n) is 9.91. The molecule has 1 aliphatic carbocycles. The van der Waals surface area contributed by atoms with Crippen molar-refractivity contribution in [1.29, 1.82) is 0 Å². The van der Waals surface area contributed by atoms with Gasteiger partial charge in [-0.05, 0) is 60.9 Å². The van der Waals surface area contributed by atoms with Crippen molar-refractivity contribution >= 4 is 11.8 Å². The average molecular weight is 364 g/mol. The van der Waals surface area contributed by atoms with Crippen LogP contribution < -0.4 is 10.6 Å². The zero-order valence-electron chi connectivity index (χ0n) is 16.0. The van der Waals surface area contributed by atoms with Crippen LogP contribution in [0.3, 0.4) is 0 Å². The van der Waals surface area contributed by atoms with Crippen molar-refractivity contribution in [3.05, 3.63) is 70.8 Å². The Morgan fingerprint density at radius 3 is 2.63 bits per heavy atom. The number of fused-ring (bicyclic) bond motifs is 1. The van der Waals surface area contributed by atoms with Gasteiger partial charge in [-0.1, -0.05) is 49.7 Å². The standard InChI is InChI=1S/C23H28N2O2/c1-2-3-7-17-12-14-19(15-13-17)23(27)24-16-22(26)25-21-11-6-9-18-8-4-5-10-20(18)21/h4-5,8,10,12-15,21H,2-3,6-7,9,11,16H2,1H3,(H,24,27)(H,25,26)/t21-/m1/s1. The summed E-state index contributed by atoms with van der Waals surface area (Å²) in [5.74, 6) is -0.360. The maximum Gasteiger partial charge on any atom is 0.251 e. The molecule has 3 rings (SSSR count). The molecule has 0 spiro atoms. The summed E-state index contributed by atoms with van der Waals surface area (Å²) < 4.78 is 0. The van der Waals surface area contributed by atoms with E-state index < -0.39 is 0 Å². The fourth-order valence-corrected chi connectivity index (χ4v) is 3.62. The number of amides is 2. The molecule has 2 amide bonds. The highest BCUT2D eigenvalue weighted by molar-refractivity contribution is 5.96. The number of benzene rings is 2. The molecule has 0 radical (unpaired) electrons. The van der Waals surface area contributed by atoms with E-state index in [1.54, 1.807) is 0 Å². The van der Waals surface area contributed by atoms with Crippen LogP contribution in [0.2, 0.25) is 0 Å². The molecule has 27 heavy (non-hydrogen) atoms. The Kier molecular flexibility index (Phi) is 6.64. The minimum absolute atomic E-state index is 0.00487. The fourth-order valence-electron chi connectivity index (χ4n) is 3.62. The second-order valence-corrected chi connectivity index (χ2v) is 7.19. The van der Waals surface area contributed by atoms with E-state index in [1.165, 1.54) is 16.7 Å². The quantitative estimate of drug-likeness (QED) is 0.781. The number of hydrogen-bond donors (Lipinski definition) is 2. The summed E-state index contributed by atoms with van der Waals surface area (Å²) in [7, 11) is 0. The lowest BCUT2D eigenvalue weighted by molar-refractivity contribution is -0.121. The summed E-state index contributed by atoms with van der Waals surface area (Å²) in [5.41, 5.74) is 4.33. The van der Waals surface area contributed by atoms with Gasteiger partial charge in [-0.2, -0.15) is 0 Å². The average Bonchev–Trinajstić information content (AvgIpc) is 2.71. The van der Waals surface area contributed by atoms with Crippen LogP contribution in [-0.4, -0.2) is 18.4 Å². The Hall–Kier alpha value is -2.62. The van der Waals surface area contributed by atoms with E-state index in [-0.39, 0.29) is 24.4 Å². The van der Waals surface area contributed by atoms with E-state index in [2.05, 4.69) is 29.7 Å². The lowest BCUT2D eigenvalue weighted by Crippen LogP contribution is -2.39. The van der Waals surface area contributed by atoms with Gasteiger partial charge < -0.3 is 10.6 Å². The molecule has 0 saturated heterocycles. The van der Waals surface area contributed by atoms with Gasteiger partial charge in [-0.15, -0.1) is 0 Å². The van der Waals surface area contributed by atoms with Crippen molar-refractivity contribution in [1.82, 2.24) is 10.6 Å². The first kappa shape index (κ1) is 19.2. The molecule has 142 valence electrons. The number of aryl methyl sites for hydroxylation is 2. The number of hydrogen-bond acceptors (Lipinski definition) is 2. The third-order valence-electron chi connectivity index (χ3n) is 5.15. The molecular formula is C23H28N2O2. The van der Waals surface area contributed by atoms with E-state index in [4.69, 9.17) is 0 Å². The van der Waals surface area contributed by atoms with Crippen molar-refractivity contribution in [2.75, 3.05) is 6.54 Å². The number of rotatable bonds is 7. The third-order valence-corrected chi connectivity index (χ3v) is 5.15. The minimum Gasteiger partial charge on any atom is -0.348 e. The van der Waals surface area contributed by atoms with E-state index >= 15 is 0 Å². The Labute approximate surface area is 161 Å². The summed E-state index contributed by atoms with van der Waals surface area (Å²) in [4.78, 5) is 24.6. The van der Waals surface area contributed by atoms with Crippen LogP contribution in [0.1, 0.15) is 65.7 Å². The molecule has 4 heteroatoms. The zero-order valence-corrected chi connectivity index (χ0v) is 16.0. The lowest BCUT2D eigenvalue weighted by atomic mass is 9.88. The molecule has 0 aliphatic heterocycles. The van der Waals surface area contributed by atoms with E-state index in [1.807, 2.05) is 36.4 Å². The van der Waals surface area contributed by atoms with Crippen LogP contribution in [-0.2, 0) is 17.6 Å². The molecule has 1 atom stereocenters. The lowest BCUT2D eigenvalue weighted by Gasteiger charge is -2.26. The van der Waals surface area contributed by atoms with Gasteiger partial charge in [0.05, 0.1) is 12.6 Å². The van der Waals surface area contributed by atoms with E-state index in [0.29, 0.717) is 5.56 Å². The first-order valence-corrected chi connectivity index (χ1v) is 9.91. The summed E-state index contributed by atoms with van der Waals surface area (Å²) in [6.07, 6.45) is 6.41. The van der Waals surface area contributed by atoms with Gasteiger partial charge >= 0.3 is 0 Å². The SMILES string of the molecule is CCCCc1ccc(C(=O)NCC(=O)N[C@@H]2CCCc3ccccc32)cc1. The van der Waals surface area contributed by atoms with Crippen molar-refractivity contribution in [2.24, 2.45) is 0 Å². The largest absolute Gasteiger partial charge is 0.348 e. The Balaban J connectivity index is 1.50. The summed E-state index contributed by atoms with van der Waals surface area (Å²) in [6.45, 7) is 2.16. The van der Waals surface area contributed by atoms with Crippen molar-refractivity contribution in [3.63, 3.8) is 0 Å². The topological polar surface area (TPSA) is 58.2 Å². The number of unbranched alkanes of at least 4 members (excludes halogenated alkanes) is 1. The van der Waals surface area contributed by atoms with Gasteiger partial charge in [-0.25, -0.2) is 0 Å². The number of nitrogens with one attached hydrogen (secondary N) is 2. The van der Waals surface area contributed by atoms with Crippen molar-refractivity contribution in [3.8, 4) is 0 Å². The van der Waals surface area contributed by atoms with Crippen molar-refractivity contribution in [2.45, 2.75) is 51.5 Å². The van der Waals surface area contributed by atoms with Gasteiger partial charge in [0.15, 0.2) is 0 Å². The Morgan fingerprint density at radius 2 is 1.85 bits per heavy atom. The first-order chi connectivity index (χ1) is 13.2. The van der Waals surface area contributed by atoms with Gasteiger partial charge in [0.2, 0.25) is 5.91 Å². The molecule has 0 bridgehead atoms. The molecule has 2 aromatic carbocycles. The fraction of sp³-hybridized carbons (Fsp3) is 0.391. The van der Waals surface area contributed by atoms with Gasteiger partial charge in [0.25, 0.3) is 5.91 Å². The molecule has 2 N–H and O–H groups in total. The van der Waals surface area contributed by atoms with E-state index in [0.717, 1.165) is 38.5 Å². The predicted molar refractivity (Wildman–Crippen MR) is 108 cm³/mol. The second-order valence-electron chi connectivity index (χ2n) is 7.19. The van der Waals surface area contributed by atoms with Crippen molar-refractivity contribution < 1.29 is 9.59 Å². The van der Waals surface area contributed by atoms with Crippen LogP contribution in [0.15, 0.2) is 48.5 Å². The molecule has 1 aliphatic rings. The van der Waals surface area contributed by atoms with Crippen LogP contribution >= 0.6 is 0 Å². The normalized spacial score (nSPS) is 15.7. The maximum atomic E-state index is 12.3. The number of carbonyl (C=O) groups is 2. The summed E-state index contributed by atoms with van der Waals surface area (Å²) in [6, 6.07) is 15.9. The molecule has 4 nitrogen and oxygen atoms in total. The monoisotopic (exact) mass is 364 g/mol. The highest BCUT2D eigenvalue weighted by Gasteiger charge is 2.21. The zero-order chi connectivity index (χ0) is 19.1. The molecule has 0 unspecified atom stereocenters. The van der Waals surface area contributed by atoms with Gasteiger partial charge in [-0.3, -0.25) is 9.59 Å². The van der Waals surface area contributed by atoms with Crippen LogP contribution in [0, 0.1) is 0 Å². The van der Waals surface area contributed by atoms with E-state index in [9.17, 15) is 9.59 Å². The number of carbonyl (C=O) groups excluding carboxylic acids is 2. The summed E-state index contributed by atoms with van der Waals surface area (Å²) >= 11 is 0. The highest BCUT2D eigenvalue weighted by atomic mass is 16.2. The predicted octanol–water partition coefficient (Wildman–Crippen LogP) is 3.95. The molecule has 0 heterocycles. The Morgan fingerprint density at radius 1 is 1.07 bits per heavy atom. The molecule has 0 fully saturated rings. The third kappa shape index (κ3) is 5.19.